The van der Waals surface area contributed by atoms with Crippen LogP contribution in [0.25, 0.3) is 61.2 Å². The third-order valence-electron chi connectivity index (χ3n) is 7.82. The Labute approximate surface area is 252 Å². The van der Waals surface area contributed by atoms with Crippen LogP contribution in [0.3, 0.4) is 0 Å². The summed E-state index contributed by atoms with van der Waals surface area (Å²) >= 11 is 0. The predicted molar refractivity (Wildman–Crippen MR) is 178 cm³/mol. The highest BCUT2D eigenvalue weighted by Gasteiger charge is 2.12. The van der Waals surface area contributed by atoms with E-state index in [4.69, 9.17) is 0 Å². The van der Waals surface area contributed by atoms with Gasteiger partial charge < -0.3 is 0 Å². The summed E-state index contributed by atoms with van der Waals surface area (Å²) < 4.78 is 0. The number of benzene rings is 3. The Balaban J connectivity index is 1.36. The van der Waals surface area contributed by atoms with E-state index in [1.807, 2.05) is 56.3 Å². The van der Waals surface area contributed by atoms with Gasteiger partial charge in [0.2, 0.25) is 0 Å². The maximum absolute atomic E-state index is 4.56. The monoisotopic (exact) mass is 554 g/mol. The first kappa shape index (κ1) is 26.4. The van der Waals surface area contributed by atoms with Crippen molar-refractivity contribution in [3.8, 4) is 55.6 Å². The van der Waals surface area contributed by atoms with E-state index in [2.05, 4.69) is 111 Å². The highest BCUT2D eigenvalue weighted by atomic mass is 14.7. The number of nitrogens with zero attached hydrogens (tertiary/aromatic N) is 4. The highest BCUT2D eigenvalue weighted by Crippen LogP contribution is 2.36. The van der Waals surface area contributed by atoms with Crippen molar-refractivity contribution in [2.75, 3.05) is 6.54 Å². The minimum atomic E-state index is 0.847. The van der Waals surface area contributed by atoms with Crippen LogP contribution in [0.1, 0.15) is 17.7 Å². The average Bonchev–Trinajstić information content (AvgIpc) is 3.09. The zero-order chi connectivity index (χ0) is 29.0. The number of aromatic nitrogens is 3. The molecule has 0 spiro atoms. The van der Waals surface area contributed by atoms with Crippen molar-refractivity contribution in [3.63, 3.8) is 0 Å². The minimum Gasteiger partial charge on any atom is -0.292 e. The maximum atomic E-state index is 4.56. The molecule has 43 heavy (non-hydrogen) atoms. The molecule has 1 aliphatic heterocycles. The van der Waals surface area contributed by atoms with E-state index in [9.17, 15) is 0 Å². The predicted octanol–water partition coefficient (Wildman–Crippen LogP) is 9.37. The molecular weight excluding hydrogens is 524 g/mol. The van der Waals surface area contributed by atoms with Gasteiger partial charge >= 0.3 is 0 Å². The number of dihydropyridines is 1. The van der Waals surface area contributed by atoms with Gasteiger partial charge in [0.15, 0.2) is 0 Å². The van der Waals surface area contributed by atoms with Crippen LogP contribution in [0, 0.1) is 6.92 Å². The first-order chi connectivity index (χ1) is 21.2. The first-order valence-electron chi connectivity index (χ1n) is 14.5. The SMILES string of the molecule is Cc1ccc(-c2cc(-c3cccnc3)cc(-c3cccc(-c4cc(C5=CCCN=C5)cc(-c5cccnc5)c4)c3)c2)cn1. The van der Waals surface area contributed by atoms with E-state index >= 15 is 0 Å². The quantitative estimate of drug-likeness (QED) is 0.206. The summed E-state index contributed by atoms with van der Waals surface area (Å²) in [6.07, 6.45) is 14.7. The van der Waals surface area contributed by atoms with E-state index in [1.165, 1.54) is 0 Å². The molecular formula is C39H30N4. The molecule has 3 aromatic carbocycles. The Kier molecular flexibility index (Phi) is 7.24. The molecule has 6 aromatic rings. The van der Waals surface area contributed by atoms with E-state index in [0.29, 0.717) is 0 Å². The van der Waals surface area contributed by atoms with Crippen molar-refractivity contribution in [2.45, 2.75) is 13.3 Å². The van der Waals surface area contributed by atoms with Crippen molar-refractivity contribution < 1.29 is 0 Å². The van der Waals surface area contributed by atoms with Gasteiger partial charge in [-0.2, -0.15) is 0 Å². The molecule has 0 atom stereocenters. The smallest absolute Gasteiger partial charge is 0.0424 e. The van der Waals surface area contributed by atoms with Crippen LogP contribution in [-0.4, -0.2) is 27.7 Å². The van der Waals surface area contributed by atoms with Crippen molar-refractivity contribution in [2.24, 2.45) is 4.99 Å². The van der Waals surface area contributed by atoms with Crippen LogP contribution in [0.15, 0.2) is 139 Å². The van der Waals surface area contributed by atoms with E-state index in [0.717, 1.165) is 85.4 Å². The standard InChI is InChI=1S/C39H30N4/c1-27-11-12-33(26-43-27)39-20-35(19-38(22-39)32-10-5-15-42-25-32)29-7-2-6-28(16-29)34-17-36(30-8-3-13-40-23-30)21-37(18-34)31-9-4-14-41-24-31/h2-3,5-13,15-26H,4,14H2,1H3. The summed E-state index contributed by atoms with van der Waals surface area (Å²) in [6, 6.07) is 34.7. The summed E-state index contributed by atoms with van der Waals surface area (Å²) in [4.78, 5) is 17.9. The summed E-state index contributed by atoms with van der Waals surface area (Å²) in [6.45, 7) is 2.86. The van der Waals surface area contributed by atoms with Gasteiger partial charge in [0.25, 0.3) is 0 Å². The number of allylic oxidation sites excluding steroid dienone is 1. The molecule has 4 heterocycles. The number of rotatable bonds is 6. The molecule has 4 heteroatoms. The maximum Gasteiger partial charge on any atom is 0.0424 e. The molecule has 0 radical (unpaired) electrons. The van der Waals surface area contributed by atoms with E-state index < -0.39 is 0 Å². The van der Waals surface area contributed by atoms with Crippen LogP contribution in [-0.2, 0) is 0 Å². The Morgan fingerprint density at radius 1 is 0.488 bits per heavy atom. The molecule has 7 rings (SSSR count). The van der Waals surface area contributed by atoms with Gasteiger partial charge in [0.05, 0.1) is 0 Å². The molecule has 206 valence electrons. The van der Waals surface area contributed by atoms with Gasteiger partial charge in [-0.15, -0.1) is 0 Å². The molecule has 1 aliphatic rings. The lowest BCUT2D eigenvalue weighted by molar-refractivity contribution is 1.01. The summed E-state index contributed by atoms with van der Waals surface area (Å²) in [5, 5.41) is 0. The van der Waals surface area contributed by atoms with Crippen LogP contribution in [0.2, 0.25) is 0 Å². The van der Waals surface area contributed by atoms with Gasteiger partial charge in [-0.25, -0.2) is 0 Å². The topological polar surface area (TPSA) is 51.0 Å². The van der Waals surface area contributed by atoms with Gasteiger partial charge in [0.1, 0.15) is 0 Å². The summed E-state index contributed by atoms with van der Waals surface area (Å²) in [7, 11) is 0. The second-order valence-electron chi connectivity index (χ2n) is 10.8. The largest absolute Gasteiger partial charge is 0.292 e. The van der Waals surface area contributed by atoms with Crippen molar-refractivity contribution in [3.05, 3.63) is 145 Å². The van der Waals surface area contributed by atoms with Gasteiger partial charge in [0, 0.05) is 66.1 Å². The Morgan fingerprint density at radius 3 is 1.49 bits per heavy atom. The van der Waals surface area contributed by atoms with Crippen molar-refractivity contribution in [1.29, 1.82) is 0 Å². The molecule has 0 N–H and O–H groups in total. The normalized spacial score (nSPS) is 12.6. The average molecular weight is 555 g/mol. The third kappa shape index (κ3) is 5.81. The van der Waals surface area contributed by atoms with Crippen molar-refractivity contribution >= 4 is 11.8 Å². The fourth-order valence-corrected chi connectivity index (χ4v) is 5.54. The lowest BCUT2D eigenvalue weighted by Crippen LogP contribution is -1.96. The zero-order valence-electron chi connectivity index (χ0n) is 24.0. The Hall–Kier alpha value is -5.48. The van der Waals surface area contributed by atoms with E-state index in [-0.39, 0.29) is 0 Å². The summed E-state index contributed by atoms with van der Waals surface area (Å²) in [5.74, 6) is 0. The number of aryl methyl sites for hydroxylation is 1. The lowest BCUT2D eigenvalue weighted by Gasteiger charge is -2.14. The molecule has 0 saturated heterocycles. The van der Waals surface area contributed by atoms with E-state index in [1.54, 1.807) is 0 Å². The third-order valence-corrected chi connectivity index (χ3v) is 7.82. The number of hydrogen-bond donors (Lipinski definition) is 0. The second kappa shape index (κ2) is 11.8. The molecule has 0 unspecified atom stereocenters. The zero-order valence-corrected chi connectivity index (χ0v) is 24.0. The molecule has 0 amide bonds. The fraction of sp³-hybridized carbons (Fsp3) is 0.0769. The number of aliphatic imine (C=N–C) groups is 1. The van der Waals surface area contributed by atoms with Crippen LogP contribution < -0.4 is 0 Å². The molecule has 3 aromatic heterocycles. The van der Waals surface area contributed by atoms with Crippen LogP contribution >= 0.6 is 0 Å². The lowest BCUT2D eigenvalue weighted by atomic mass is 9.90. The van der Waals surface area contributed by atoms with Gasteiger partial charge in [-0.05, 0) is 124 Å². The molecule has 4 nitrogen and oxygen atoms in total. The fourth-order valence-electron chi connectivity index (χ4n) is 5.54. The highest BCUT2D eigenvalue weighted by molar-refractivity contribution is 6.11. The molecule has 0 bridgehead atoms. The number of pyridine rings is 3. The van der Waals surface area contributed by atoms with Crippen LogP contribution in [0.4, 0.5) is 0 Å². The molecule has 0 saturated carbocycles. The van der Waals surface area contributed by atoms with Gasteiger partial charge in [-0.3, -0.25) is 19.9 Å². The Morgan fingerprint density at radius 2 is 1.00 bits per heavy atom. The Bertz CT molecular complexity index is 1960. The number of hydrogen-bond acceptors (Lipinski definition) is 4. The minimum absolute atomic E-state index is 0.847. The second-order valence-corrected chi connectivity index (χ2v) is 10.8. The van der Waals surface area contributed by atoms with Crippen molar-refractivity contribution in [1.82, 2.24) is 15.0 Å². The molecule has 0 aliphatic carbocycles. The van der Waals surface area contributed by atoms with Gasteiger partial charge in [-0.1, -0.05) is 42.5 Å². The first-order valence-corrected chi connectivity index (χ1v) is 14.5. The molecule has 0 fully saturated rings. The van der Waals surface area contributed by atoms with Crippen LogP contribution in [0.5, 0.6) is 0 Å². The summed E-state index contributed by atoms with van der Waals surface area (Å²) in [5.41, 5.74) is 14.6.